The van der Waals surface area contributed by atoms with Crippen molar-refractivity contribution in [1.29, 1.82) is 0 Å². The SMILES string of the molecule is CC(=O)[C@@H]1[C@@H]2[C@H](CN1Cl)C2(C)C. The molecule has 2 rings (SSSR count). The molecule has 1 aliphatic heterocycles. The second-order valence-electron chi connectivity index (χ2n) is 4.59. The summed E-state index contributed by atoms with van der Waals surface area (Å²) >= 11 is 5.94. The van der Waals surface area contributed by atoms with E-state index in [1.807, 2.05) is 0 Å². The van der Waals surface area contributed by atoms with Gasteiger partial charge in [0.2, 0.25) is 0 Å². The fourth-order valence-corrected chi connectivity index (χ4v) is 3.10. The van der Waals surface area contributed by atoms with Crippen molar-refractivity contribution in [3.8, 4) is 0 Å². The molecule has 3 atom stereocenters. The van der Waals surface area contributed by atoms with Crippen LogP contribution in [0.5, 0.6) is 0 Å². The van der Waals surface area contributed by atoms with Crippen LogP contribution in [0.15, 0.2) is 0 Å². The van der Waals surface area contributed by atoms with Gasteiger partial charge in [-0.25, -0.2) is 4.42 Å². The topological polar surface area (TPSA) is 20.3 Å². The molecule has 0 aromatic carbocycles. The molecule has 1 heterocycles. The first kappa shape index (κ1) is 8.52. The Balaban J connectivity index is 2.19. The summed E-state index contributed by atoms with van der Waals surface area (Å²) < 4.78 is 1.68. The first-order valence-corrected chi connectivity index (χ1v) is 4.73. The van der Waals surface area contributed by atoms with Crippen LogP contribution in [0, 0.1) is 17.3 Å². The average Bonchev–Trinajstić information content (AvgIpc) is 2.40. The van der Waals surface area contributed by atoms with Gasteiger partial charge in [0.1, 0.15) is 5.78 Å². The average molecular weight is 188 g/mol. The van der Waals surface area contributed by atoms with Crippen LogP contribution in [-0.2, 0) is 4.79 Å². The molecule has 0 aromatic heterocycles. The van der Waals surface area contributed by atoms with Crippen molar-refractivity contribution in [3.05, 3.63) is 0 Å². The minimum Gasteiger partial charge on any atom is -0.298 e. The molecule has 0 N–H and O–H groups in total. The Kier molecular flexibility index (Phi) is 1.59. The minimum atomic E-state index is -0.0216. The highest BCUT2D eigenvalue weighted by Crippen LogP contribution is 2.65. The number of fused-ring (bicyclic) bond motifs is 1. The van der Waals surface area contributed by atoms with Gasteiger partial charge >= 0.3 is 0 Å². The number of hydrogen-bond donors (Lipinski definition) is 0. The molecule has 2 nitrogen and oxygen atoms in total. The molecule has 12 heavy (non-hydrogen) atoms. The lowest BCUT2D eigenvalue weighted by molar-refractivity contribution is -0.120. The van der Waals surface area contributed by atoms with E-state index in [1.165, 1.54) is 0 Å². The zero-order chi connectivity index (χ0) is 9.09. The maximum atomic E-state index is 11.3. The predicted octanol–water partition coefficient (Wildman–Crippen LogP) is 1.69. The van der Waals surface area contributed by atoms with E-state index in [2.05, 4.69) is 13.8 Å². The van der Waals surface area contributed by atoms with E-state index in [0.29, 0.717) is 17.3 Å². The molecule has 0 radical (unpaired) electrons. The van der Waals surface area contributed by atoms with Gasteiger partial charge in [0.15, 0.2) is 0 Å². The maximum Gasteiger partial charge on any atom is 0.148 e. The van der Waals surface area contributed by atoms with E-state index in [0.717, 1.165) is 6.54 Å². The van der Waals surface area contributed by atoms with Crippen LogP contribution in [0.4, 0.5) is 0 Å². The molecule has 0 aromatic rings. The van der Waals surface area contributed by atoms with Crippen LogP contribution in [0.1, 0.15) is 20.8 Å². The number of hydrogen-bond acceptors (Lipinski definition) is 2. The lowest BCUT2D eigenvalue weighted by atomic mass is 10.0. The number of rotatable bonds is 1. The van der Waals surface area contributed by atoms with Crippen molar-refractivity contribution < 1.29 is 4.79 Å². The maximum absolute atomic E-state index is 11.3. The van der Waals surface area contributed by atoms with Gasteiger partial charge in [-0.3, -0.25) is 4.79 Å². The smallest absolute Gasteiger partial charge is 0.148 e. The molecular formula is C9H14ClNO. The number of carbonyl (C=O) groups excluding carboxylic acids is 1. The number of ketones is 1. The second-order valence-corrected chi connectivity index (χ2v) is 5.03. The monoisotopic (exact) mass is 187 g/mol. The summed E-state index contributed by atoms with van der Waals surface area (Å²) in [4.78, 5) is 11.3. The molecule has 0 amide bonds. The Bertz CT molecular complexity index is 239. The van der Waals surface area contributed by atoms with Gasteiger partial charge in [0.05, 0.1) is 6.04 Å². The zero-order valence-electron chi connectivity index (χ0n) is 7.67. The van der Waals surface area contributed by atoms with E-state index >= 15 is 0 Å². The van der Waals surface area contributed by atoms with Crippen LogP contribution in [-0.4, -0.2) is 22.8 Å². The predicted molar refractivity (Wildman–Crippen MR) is 47.8 cm³/mol. The molecule has 0 unspecified atom stereocenters. The van der Waals surface area contributed by atoms with Gasteiger partial charge in [-0.1, -0.05) is 13.8 Å². The highest BCUT2D eigenvalue weighted by molar-refractivity contribution is 6.15. The normalized spacial score (nSPS) is 44.2. The van der Waals surface area contributed by atoms with Crippen molar-refractivity contribution in [2.75, 3.05) is 6.54 Å². The Morgan fingerprint density at radius 1 is 1.58 bits per heavy atom. The number of halogens is 1. The third-order valence-electron chi connectivity index (χ3n) is 3.57. The van der Waals surface area contributed by atoms with Crippen LogP contribution >= 0.6 is 11.8 Å². The molecular weight excluding hydrogens is 174 g/mol. The van der Waals surface area contributed by atoms with Crippen LogP contribution < -0.4 is 0 Å². The van der Waals surface area contributed by atoms with Crippen LogP contribution in [0.3, 0.4) is 0 Å². The fourth-order valence-electron chi connectivity index (χ4n) is 2.69. The van der Waals surface area contributed by atoms with Gasteiger partial charge in [-0.15, -0.1) is 0 Å². The van der Waals surface area contributed by atoms with Crippen molar-refractivity contribution in [2.45, 2.75) is 26.8 Å². The van der Waals surface area contributed by atoms with E-state index in [1.54, 1.807) is 11.3 Å². The van der Waals surface area contributed by atoms with Crippen molar-refractivity contribution in [1.82, 2.24) is 4.42 Å². The molecule has 1 saturated heterocycles. The van der Waals surface area contributed by atoms with Crippen molar-refractivity contribution in [3.63, 3.8) is 0 Å². The molecule has 0 bridgehead atoms. The lowest BCUT2D eigenvalue weighted by Crippen LogP contribution is -2.34. The summed E-state index contributed by atoms with van der Waals surface area (Å²) in [7, 11) is 0. The van der Waals surface area contributed by atoms with Gasteiger partial charge < -0.3 is 0 Å². The molecule has 1 saturated carbocycles. The van der Waals surface area contributed by atoms with Crippen molar-refractivity contribution >= 4 is 17.6 Å². The first-order valence-electron chi connectivity index (χ1n) is 4.39. The van der Waals surface area contributed by atoms with E-state index in [-0.39, 0.29) is 11.8 Å². The Hall–Kier alpha value is -0.0800. The summed E-state index contributed by atoms with van der Waals surface area (Å²) in [5.41, 5.74) is 0.349. The van der Waals surface area contributed by atoms with Crippen LogP contribution in [0.2, 0.25) is 0 Å². The first-order chi connectivity index (χ1) is 5.46. The molecule has 0 spiro atoms. The quantitative estimate of drug-likeness (QED) is 0.583. The van der Waals surface area contributed by atoms with Crippen LogP contribution in [0.25, 0.3) is 0 Å². The Morgan fingerprint density at radius 3 is 2.50 bits per heavy atom. The third-order valence-corrected chi connectivity index (χ3v) is 3.92. The van der Waals surface area contributed by atoms with Gasteiger partial charge in [0.25, 0.3) is 0 Å². The summed E-state index contributed by atoms with van der Waals surface area (Å²) in [6.07, 6.45) is 0. The molecule has 2 aliphatic rings. The van der Waals surface area contributed by atoms with E-state index in [9.17, 15) is 4.79 Å². The zero-order valence-corrected chi connectivity index (χ0v) is 8.43. The summed E-state index contributed by atoms with van der Waals surface area (Å²) in [6, 6.07) is -0.0216. The Labute approximate surface area is 78.0 Å². The number of carbonyl (C=O) groups is 1. The molecule has 1 aliphatic carbocycles. The largest absolute Gasteiger partial charge is 0.298 e. The highest BCUT2D eigenvalue weighted by Gasteiger charge is 2.67. The molecule has 3 heteroatoms. The molecule has 2 fully saturated rings. The van der Waals surface area contributed by atoms with E-state index in [4.69, 9.17) is 11.8 Å². The third kappa shape index (κ3) is 0.882. The standard InChI is InChI=1S/C9H14ClNO/c1-5(12)8-7-6(4-11(8)10)9(7,2)3/h6-8H,4H2,1-3H3/t6-,7-,8+/m0/s1. The Morgan fingerprint density at radius 2 is 2.17 bits per heavy atom. The lowest BCUT2D eigenvalue weighted by Gasteiger charge is -2.22. The van der Waals surface area contributed by atoms with Gasteiger partial charge in [-0.2, -0.15) is 0 Å². The number of piperidine rings is 1. The van der Waals surface area contributed by atoms with Crippen molar-refractivity contribution in [2.24, 2.45) is 17.3 Å². The highest BCUT2D eigenvalue weighted by atomic mass is 35.5. The van der Waals surface area contributed by atoms with Gasteiger partial charge in [0, 0.05) is 6.54 Å². The van der Waals surface area contributed by atoms with E-state index < -0.39 is 0 Å². The number of Topliss-reactive ketones (excluding diaryl/α,β-unsaturated/α-hetero) is 1. The second kappa shape index (κ2) is 2.24. The van der Waals surface area contributed by atoms with Gasteiger partial charge in [-0.05, 0) is 36.0 Å². The minimum absolute atomic E-state index is 0.0216. The number of nitrogens with zero attached hydrogens (tertiary/aromatic N) is 1. The summed E-state index contributed by atoms with van der Waals surface area (Å²) in [5.74, 6) is 1.36. The molecule has 68 valence electrons. The summed E-state index contributed by atoms with van der Waals surface area (Å²) in [6.45, 7) is 6.96. The fraction of sp³-hybridized carbons (Fsp3) is 0.889. The summed E-state index contributed by atoms with van der Waals surface area (Å²) in [5, 5.41) is 0.